The fourth-order valence-corrected chi connectivity index (χ4v) is 6.22. The van der Waals surface area contributed by atoms with Gasteiger partial charge in [-0.25, -0.2) is 8.78 Å². The lowest BCUT2D eigenvalue weighted by Gasteiger charge is -2.38. The maximum absolute atomic E-state index is 14.2. The quantitative estimate of drug-likeness (QED) is 0.442. The van der Waals surface area contributed by atoms with E-state index in [1.54, 1.807) is 11.8 Å². The second-order valence-corrected chi connectivity index (χ2v) is 10.6. The Morgan fingerprint density at radius 3 is 2.35 bits per heavy atom. The van der Waals surface area contributed by atoms with E-state index in [-0.39, 0.29) is 34.5 Å². The van der Waals surface area contributed by atoms with Crippen molar-refractivity contribution in [2.45, 2.75) is 44.1 Å². The second kappa shape index (κ2) is 7.69. The van der Waals surface area contributed by atoms with Crippen molar-refractivity contribution in [2.75, 3.05) is 13.1 Å². The third kappa shape index (κ3) is 3.72. The summed E-state index contributed by atoms with van der Waals surface area (Å²) in [7, 11) is 0. The average Bonchev–Trinajstić information content (AvgIpc) is 3.39. The molecule has 0 radical (unpaired) electrons. The van der Waals surface area contributed by atoms with Crippen molar-refractivity contribution in [2.24, 2.45) is 5.16 Å². The fraction of sp³-hybridized carbons (Fsp3) is 0.429. The predicted molar refractivity (Wildman–Crippen MR) is 116 cm³/mol. The van der Waals surface area contributed by atoms with Gasteiger partial charge in [0.15, 0.2) is 0 Å². The number of amidine groups is 1. The number of carbonyl (C=O) groups is 1. The second-order valence-electron chi connectivity index (χ2n) is 8.59. The van der Waals surface area contributed by atoms with E-state index in [1.165, 1.54) is 17.4 Å². The first-order valence-corrected chi connectivity index (χ1v) is 11.7. The molecule has 4 heterocycles. The van der Waals surface area contributed by atoms with E-state index in [9.17, 15) is 26.7 Å². The molecule has 1 atom stereocenters. The molecule has 1 unspecified atom stereocenters. The molecule has 0 spiro atoms. The lowest BCUT2D eigenvalue weighted by atomic mass is 9.89. The van der Waals surface area contributed by atoms with Crippen molar-refractivity contribution < 1.29 is 31.6 Å². The lowest BCUT2D eigenvalue weighted by Crippen LogP contribution is -2.58. The Kier molecular flexibility index (Phi) is 5.35. The van der Waals surface area contributed by atoms with Gasteiger partial charge in [0.25, 0.3) is 17.4 Å². The summed E-state index contributed by atoms with van der Waals surface area (Å²) in [5.74, 6) is -3.21. The molecule has 0 N–H and O–H groups in total. The van der Waals surface area contributed by atoms with Gasteiger partial charge >= 0.3 is 6.18 Å². The van der Waals surface area contributed by atoms with Crippen molar-refractivity contribution in [3.8, 4) is 0 Å². The van der Waals surface area contributed by atoms with Gasteiger partial charge in [-0.3, -0.25) is 4.79 Å². The summed E-state index contributed by atoms with van der Waals surface area (Å²) in [5.41, 5.74) is -1.54. The largest absolute Gasteiger partial charge is 0.435 e. The topological polar surface area (TPSA) is 45.1 Å². The van der Waals surface area contributed by atoms with Crippen LogP contribution in [0, 0.1) is 6.92 Å². The summed E-state index contributed by atoms with van der Waals surface area (Å²) >= 11 is 13.0. The molecule has 1 saturated heterocycles. The van der Waals surface area contributed by atoms with Gasteiger partial charge < -0.3 is 14.6 Å². The van der Waals surface area contributed by atoms with E-state index in [4.69, 9.17) is 28.0 Å². The number of oxime groups is 1. The Morgan fingerprint density at radius 1 is 1.15 bits per heavy atom. The van der Waals surface area contributed by atoms with Crippen LogP contribution in [0.5, 0.6) is 0 Å². The minimum absolute atomic E-state index is 0.0410. The monoisotopic (exact) mass is 539 g/mol. The van der Waals surface area contributed by atoms with E-state index in [0.717, 1.165) is 27.5 Å². The molecule has 0 aliphatic carbocycles. The molecule has 1 aromatic heterocycles. The number of hydrogen-bond donors (Lipinski definition) is 0. The normalized spacial score (nSPS) is 23.5. The summed E-state index contributed by atoms with van der Waals surface area (Å²) < 4.78 is 68.9. The Labute approximate surface area is 204 Å². The molecule has 0 bridgehead atoms. The van der Waals surface area contributed by atoms with E-state index in [1.807, 2.05) is 0 Å². The van der Waals surface area contributed by atoms with Gasteiger partial charge in [0.05, 0.1) is 30.9 Å². The van der Waals surface area contributed by atoms with Crippen LogP contribution >= 0.6 is 34.5 Å². The molecule has 1 fully saturated rings. The van der Waals surface area contributed by atoms with E-state index < -0.39 is 43.1 Å². The van der Waals surface area contributed by atoms with E-state index >= 15 is 0 Å². The minimum Gasteiger partial charge on any atom is -0.372 e. The maximum atomic E-state index is 14.2. The molecule has 1 aromatic carbocycles. The van der Waals surface area contributed by atoms with Crippen LogP contribution in [-0.2, 0) is 23.5 Å². The zero-order valence-corrected chi connectivity index (χ0v) is 19.8. The minimum atomic E-state index is -4.80. The standard InChI is InChI=1S/C21H16Cl2F5N3O2S/c1-10-14-6-30(7-15(14)34-17(10)18(32)31-8-19(24,25)9-31)16-5-20(33-29-16,21(26,27)28)11-2-12(22)4-13(23)3-11/h2-4H,5-9H2,1H3. The predicted octanol–water partition coefficient (Wildman–Crippen LogP) is 5.96. The van der Waals surface area contributed by atoms with E-state index in [0.29, 0.717) is 10.4 Å². The summed E-state index contributed by atoms with van der Waals surface area (Å²) in [6, 6.07) is 3.64. The van der Waals surface area contributed by atoms with Crippen LogP contribution in [0.2, 0.25) is 10.0 Å². The highest BCUT2D eigenvalue weighted by atomic mass is 35.5. The molecule has 3 aliphatic heterocycles. The van der Waals surface area contributed by atoms with Crippen LogP contribution in [0.3, 0.4) is 0 Å². The number of benzene rings is 1. The summed E-state index contributed by atoms with van der Waals surface area (Å²) in [5, 5.41) is 3.85. The number of nitrogens with zero attached hydrogens (tertiary/aromatic N) is 3. The van der Waals surface area contributed by atoms with Gasteiger partial charge in [-0.15, -0.1) is 11.3 Å². The van der Waals surface area contributed by atoms with Crippen LogP contribution in [0.1, 0.15) is 37.7 Å². The molecular weight excluding hydrogens is 524 g/mol. The maximum Gasteiger partial charge on any atom is 0.435 e. The van der Waals surface area contributed by atoms with E-state index in [2.05, 4.69) is 5.16 Å². The molecule has 5 rings (SSSR count). The summed E-state index contributed by atoms with van der Waals surface area (Å²) in [4.78, 5) is 21.5. The molecule has 2 aromatic rings. The molecule has 34 heavy (non-hydrogen) atoms. The molecule has 13 heteroatoms. The molecule has 0 saturated carbocycles. The molecular formula is C21H16Cl2F5N3O2S. The van der Waals surface area contributed by atoms with Gasteiger partial charge in [0, 0.05) is 27.0 Å². The van der Waals surface area contributed by atoms with Crippen LogP contribution in [-0.4, -0.2) is 46.7 Å². The third-order valence-corrected chi connectivity index (χ3v) is 7.97. The lowest BCUT2D eigenvalue weighted by molar-refractivity contribution is -0.275. The van der Waals surface area contributed by atoms with Crippen LogP contribution in [0.25, 0.3) is 0 Å². The molecule has 5 nitrogen and oxygen atoms in total. The van der Waals surface area contributed by atoms with Crippen molar-refractivity contribution in [3.63, 3.8) is 0 Å². The van der Waals surface area contributed by atoms with Crippen LogP contribution in [0.15, 0.2) is 23.4 Å². The van der Waals surface area contributed by atoms with Crippen molar-refractivity contribution in [1.29, 1.82) is 0 Å². The number of halogens is 7. The van der Waals surface area contributed by atoms with Crippen LogP contribution in [0.4, 0.5) is 22.0 Å². The van der Waals surface area contributed by atoms with Crippen molar-refractivity contribution >= 4 is 46.3 Å². The summed E-state index contributed by atoms with van der Waals surface area (Å²) in [6.45, 7) is 0.956. The zero-order valence-electron chi connectivity index (χ0n) is 17.5. The van der Waals surface area contributed by atoms with Crippen molar-refractivity contribution in [1.82, 2.24) is 9.80 Å². The van der Waals surface area contributed by atoms with Gasteiger partial charge in [0.2, 0.25) is 0 Å². The summed E-state index contributed by atoms with van der Waals surface area (Å²) in [6.07, 6.45) is -5.37. The SMILES string of the molecule is Cc1c(C(=O)N2CC(F)(F)C2)sc2c1CN(C1=NOC(c3cc(Cl)cc(Cl)c3)(C(F)(F)F)C1)C2. The Bertz CT molecular complexity index is 1200. The number of rotatable bonds is 2. The number of hydrogen-bond acceptors (Lipinski definition) is 5. The molecule has 182 valence electrons. The number of likely N-dealkylation sites (tertiary alicyclic amines) is 1. The highest BCUT2D eigenvalue weighted by Crippen LogP contribution is 2.50. The van der Waals surface area contributed by atoms with Gasteiger partial charge in [0.1, 0.15) is 5.84 Å². The van der Waals surface area contributed by atoms with Gasteiger partial charge in [-0.2, -0.15) is 13.2 Å². The first-order chi connectivity index (χ1) is 15.8. The Balaban J connectivity index is 1.35. The average molecular weight is 540 g/mol. The number of carbonyl (C=O) groups excluding carboxylic acids is 1. The van der Waals surface area contributed by atoms with Crippen LogP contribution < -0.4 is 0 Å². The van der Waals surface area contributed by atoms with Gasteiger partial charge in [-0.05, 0) is 36.2 Å². The zero-order chi connectivity index (χ0) is 24.6. The Hall–Kier alpha value is -2.11. The fourth-order valence-electron chi connectivity index (χ4n) is 4.39. The molecule has 3 aliphatic rings. The third-order valence-electron chi connectivity index (χ3n) is 6.23. The van der Waals surface area contributed by atoms with Crippen molar-refractivity contribution in [3.05, 3.63) is 54.7 Å². The highest BCUT2D eigenvalue weighted by Gasteiger charge is 2.63. The highest BCUT2D eigenvalue weighted by molar-refractivity contribution is 7.14. The molecule has 1 amide bonds. The smallest absolute Gasteiger partial charge is 0.372 e. The number of amides is 1. The first kappa shape index (κ1) is 23.6. The van der Waals surface area contributed by atoms with Gasteiger partial charge in [-0.1, -0.05) is 28.4 Å². The number of fused-ring (bicyclic) bond motifs is 1. The first-order valence-electron chi connectivity index (χ1n) is 10.1. The Morgan fingerprint density at radius 2 is 1.79 bits per heavy atom. The number of alkyl halides is 5. The number of thiophene rings is 1.